The molecular formula is C13H20ClNO. The van der Waals surface area contributed by atoms with Gasteiger partial charge in [0.25, 0.3) is 0 Å². The van der Waals surface area contributed by atoms with E-state index in [4.69, 9.17) is 16.3 Å². The van der Waals surface area contributed by atoms with E-state index in [-0.39, 0.29) is 5.54 Å². The minimum Gasteiger partial charge on any atom is -0.496 e. The van der Waals surface area contributed by atoms with E-state index in [2.05, 4.69) is 19.2 Å². The fourth-order valence-corrected chi connectivity index (χ4v) is 2.13. The van der Waals surface area contributed by atoms with E-state index >= 15 is 0 Å². The smallest absolute Gasteiger partial charge is 0.124 e. The highest BCUT2D eigenvalue weighted by atomic mass is 35.5. The van der Waals surface area contributed by atoms with Crippen molar-refractivity contribution in [2.45, 2.75) is 33.2 Å². The van der Waals surface area contributed by atoms with E-state index < -0.39 is 0 Å². The second-order valence-corrected chi connectivity index (χ2v) is 4.96. The summed E-state index contributed by atoms with van der Waals surface area (Å²) in [5.41, 5.74) is 3.09. The van der Waals surface area contributed by atoms with Gasteiger partial charge in [0.15, 0.2) is 0 Å². The minimum atomic E-state index is -0.160. The van der Waals surface area contributed by atoms with Gasteiger partial charge in [0, 0.05) is 16.1 Å². The van der Waals surface area contributed by atoms with Crippen LogP contribution in [0.15, 0.2) is 6.07 Å². The third-order valence-corrected chi connectivity index (χ3v) is 3.70. The summed E-state index contributed by atoms with van der Waals surface area (Å²) in [7, 11) is 3.63. The first-order chi connectivity index (χ1) is 7.35. The Hall–Kier alpha value is -0.730. The molecule has 0 radical (unpaired) electrons. The number of methoxy groups -OCH3 is 1. The van der Waals surface area contributed by atoms with Crippen LogP contribution in [-0.2, 0) is 5.54 Å². The van der Waals surface area contributed by atoms with Crippen LogP contribution < -0.4 is 10.1 Å². The molecule has 0 unspecified atom stereocenters. The summed E-state index contributed by atoms with van der Waals surface area (Å²) in [5, 5.41) is 4.10. The second kappa shape index (κ2) is 4.64. The predicted octanol–water partition coefficient (Wildman–Crippen LogP) is 3.42. The number of aryl methyl sites for hydroxylation is 1. The summed E-state index contributed by atoms with van der Waals surface area (Å²) in [6.45, 7) is 8.26. The molecule has 0 amide bonds. The Balaban J connectivity index is 3.53. The number of rotatable bonds is 3. The molecule has 0 aromatic heterocycles. The van der Waals surface area contributed by atoms with Gasteiger partial charge in [0.1, 0.15) is 5.75 Å². The van der Waals surface area contributed by atoms with Crippen LogP contribution >= 0.6 is 11.6 Å². The van der Waals surface area contributed by atoms with Crippen molar-refractivity contribution < 1.29 is 4.74 Å². The Labute approximate surface area is 103 Å². The van der Waals surface area contributed by atoms with Crippen LogP contribution in [0.4, 0.5) is 0 Å². The van der Waals surface area contributed by atoms with Crippen LogP contribution in [0, 0.1) is 13.8 Å². The molecule has 0 aliphatic heterocycles. The van der Waals surface area contributed by atoms with Gasteiger partial charge in [0.05, 0.1) is 7.11 Å². The van der Waals surface area contributed by atoms with E-state index in [9.17, 15) is 0 Å². The molecule has 1 aromatic rings. The molecule has 2 nitrogen and oxygen atoms in total. The van der Waals surface area contributed by atoms with E-state index in [1.165, 1.54) is 0 Å². The predicted molar refractivity (Wildman–Crippen MR) is 69.6 cm³/mol. The highest BCUT2D eigenvalue weighted by Gasteiger charge is 2.26. The quantitative estimate of drug-likeness (QED) is 0.876. The lowest BCUT2D eigenvalue weighted by Gasteiger charge is -2.29. The minimum absolute atomic E-state index is 0.160. The molecule has 0 saturated heterocycles. The first kappa shape index (κ1) is 13.3. The highest BCUT2D eigenvalue weighted by Crippen LogP contribution is 2.37. The monoisotopic (exact) mass is 241 g/mol. The van der Waals surface area contributed by atoms with Crippen LogP contribution in [0.25, 0.3) is 0 Å². The molecule has 16 heavy (non-hydrogen) atoms. The van der Waals surface area contributed by atoms with E-state index in [1.54, 1.807) is 7.11 Å². The zero-order chi connectivity index (χ0) is 12.5. The highest BCUT2D eigenvalue weighted by molar-refractivity contribution is 6.32. The van der Waals surface area contributed by atoms with Crippen molar-refractivity contribution in [2.75, 3.05) is 14.2 Å². The Bertz CT molecular complexity index is 399. The largest absolute Gasteiger partial charge is 0.496 e. The fourth-order valence-electron chi connectivity index (χ4n) is 1.99. The summed E-state index contributed by atoms with van der Waals surface area (Å²) in [5.74, 6) is 0.888. The first-order valence-electron chi connectivity index (χ1n) is 5.38. The lowest BCUT2D eigenvalue weighted by molar-refractivity contribution is 0.373. The number of hydrogen-bond acceptors (Lipinski definition) is 2. The molecule has 0 bridgehead atoms. The van der Waals surface area contributed by atoms with Gasteiger partial charge in [-0.05, 0) is 51.9 Å². The average molecular weight is 242 g/mol. The maximum atomic E-state index is 6.29. The molecule has 0 aliphatic rings. The molecule has 90 valence electrons. The van der Waals surface area contributed by atoms with Crippen LogP contribution in [0.1, 0.15) is 30.5 Å². The van der Waals surface area contributed by atoms with Gasteiger partial charge >= 0.3 is 0 Å². The van der Waals surface area contributed by atoms with Crippen molar-refractivity contribution in [3.8, 4) is 5.75 Å². The van der Waals surface area contributed by atoms with Crippen molar-refractivity contribution in [3.05, 3.63) is 27.8 Å². The number of ether oxygens (including phenoxy) is 1. The van der Waals surface area contributed by atoms with Crippen molar-refractivity contribution >= 4 is 11.6 Å². The summed E-state index contributed by atoms with van der Waals surface area (Å²) in [6, 6.07) is 1.99. The zero-order valence-corrected chi connectivity index (χ0v) is 11.6. The summed E-state index contributed by atoms with van der Waals surface area (Å²) in [6.07, 6.45) is 0. The molecule has 1 aromatic carbocycles. The zero-order valence-electron chi connectivity index (χ0n) is 10.9. The van der Waals surface area contributed by atoms with Gasteiger partial charge < -0.3 is 10.1 Å². The Morgan fingerprint density at radius 3 is 2.31 bits per heavy atom. The molecule has 0 aliphatic carbocycles. The molecule has 0 atom stereocenters. The molecule has 1 N–H and O–H groups in total. The van der Waals surface area contributed by atoms with E-state index in [0.29, 0.717) is 0 Å². The first-order valence-corrected chi connectivity index (χ1v) is 5.76. The van der Waals surface area contributed by atoms with Gasteiger partial charge in [-0.15, -0.1) is 0 Å². The molecule has 0 saturated carbocycles. The van der Waals surface area contributed by atoms with Crippen molar-refractivity contribution in [2.24, 2.45) is 0 Å². The topological polar surface area (TPSA) is 21.3 Å². The van der Waals surface area contributed by atoms with E-state index in [1.807, 2.05) is 27.0 Å². The standard InChI is InChI=1S/C13H20ClNO/c1-8-7-10(16-6)11(9(2)12(8)14)13(3,4)15-5/h7,15H,1-6H3. The lowest BCUT2D eigenvalue weighted by Crippen LogP contribution is -2.34. The molecule has 0 spiro atoms. The van der Waals surface area contributed by atoms with Crippen LogP contribution in [0.3, 0.4) is 0 Å². The lowest BCUT2D eigenvalue weighted by atomic mass is 9.88. The van der Waals surface area contributed by atoms with Crippen LogP contribution in [0.2, 0.25) is 5.02 Å². The van der Waals surface area contributed by atoms with Gasteiger partial charge in [-0.2, -0.15) is 0 Å². The molecular weight excluding hydrogens is 222 g/mol. The average Bonchev–Trinajstić information content (AvgIpc) is 2.24. The van der Waals surface area contributed by atoms with Crippen molar-refractivity contribution in [1.82, 2.24) is 5.32 Å². The maximum absolute atomic E-state index is 6.29. The summed E-state index contributed by atoms with van der Waals surface area (Å²) < 4.78 is 5.45. The molecule has 0 heterocycles. The normalized spacial score (nSPS) is 11.7. The number of hydrogen-bond donors (Lipinski definition) is 1. The van der Waals surface area contributed by atoms with Gasteiger partial charge in [-0.3, -0.25) is 0 Å². The number of nitrogens with one attached hydrogen (secondary N) is 1. The SMILES string of the molecule is CNC(C)(C)c1c(OC)cc(C)c(Cl)c1C. The second-order valence-electron chi connectivity index (χ2n) is 4.58. The molecule has 0 fully saturated rings. The van der Waals surface area contributed by atoms with Crippen molar-refractivity contribution in [3.63, 3.8) is 0 Å². The Kier molecular flexibility index (Phi) is 3.87. The Morgan fingerprint density at radius 2 is 1.88 bits per heavy atom. The third-order valence-electron chi connectivity index (χ3n) is 3.11. The van der Waals surface area contributed by atoms with Gasteiger partial charge in [0.2, 0.25) is 0 Å². The summed E-state index contributed by atoms with van der Waals surface area (Å²) >= 11 is 6.29. The summed E-state index contributed by atoms with van der Waals surface area (Å²) in [4.78, 5) is 0. The number of halogens is 1. The van der Waals surface area contributed by atoms with Gasteiger partial charge in [-0.25, -0.2) is 0 Å². The van der Waals surface area contributed by atoms with Crippen LogP contribution in [-0.4, -0.2) is 14.2 Å². The third kappa shape index (κ3) is 2.18. The Morgan fingerprint density at radius 1 is 1.31 bits per heavy atom. The molecule has 1 rings (SSSR count). The van der Waals surface area contributed by atoms with Crippen LogP contribution in [0.5, 0.6) is 5.75 Å². The molecule has 3 heteroatoms. The van der Waals surface area contributed by atoms with Crippen molar-refractivity contribution in [1.29, 1.82) is 0 Å². The van der Waals surface area contributed by atoms with E-state index in [0.717, 1.165) is 27.5 Å². The fraction of sp³-hybridized carbons (Fsp3) is 0.538. The number of benzene rings is 1. The maximum Gasteiger partial charge on any atom is 0.124 e. The van der Waals surface area contributed by atoms with Gasteiger partial charge in [-0.1, -0.05) is 11.6 Å².